The maximum absolute atomic E-state index is 10.5. The van der Waals surface area contributed by atoms with Gasteiger partial charge in [0.2, 0.25) is 5.12 Å². The summed E-state index contributed by atoms with van der Waals surface area (Å²) in [7, 11) is 0. The van der Waals surface area contributed by atoms with Crippen molar-refractivity contribution in [3.63, 3.8) is 0 Å². The molecule has 0 saturated heterocycles. The molecular weight excluding hydrogens is 252 g/mol. The molecule has 4 heteroatoms. The van der Waals surface area contributed by atoms with Crippen LogP contribution in [0.1, 0.15) is 5.56 Å². The summed E-state index contributed by atoms with van der Waals surface area (Å²) in [6.45, 7) is 0. The molecule has 1 aromatic rings. The van der Waals surface area contributed by atoms with Gasteiger partial charge in [0, 0.05) is 0 Å². The molecule has 0 unspecified atom stereocenters. The first-order valence-electron chi connectivity index (χ1n) is 3.49. The number of hydrogen-bond acceptors (Lipinski definition) is 2. The van der Waals surface area contributed by atoms with Crippen molar-refractivity contribution in [2.45, 2.75) is 0 Å². The van der Waals surface area contributed by atoms with Gasteiger partial charge in [-0.15, -0.1) is 12.6 Å². The molecule has 68 valence electrons. The molecule has 0 aliphatic rings. The monoisotopic (exact) mass is 258 g/mol. The highest BCUT2D eigenvalue weighted by Gasteiger charge is 1.96. The van der Waals surface area contributed by atoms with E-state index in [9.17, 15) is 4.79 Å². The average molecular weight is 259 g/mol. The molecule has 0 amide bonds. The standard InChI is InChI=1S/C9H7BrO2S/c10-7-5-6(1-3-8(7)11)2-4-9(12)13/h1-5,11H,(H,12,13)/b4-2+. The second-order valence-corrected chi connectivity index (χ2v) is 3.68. The van der Waals surface area contributed by atoms with Crippen LogP contribution in [0.25, 0.3) is 6.08 Å². The molecule has 2 nitrogen and oxygen atoms in total. The van der Waals surface area contributed by atoms with Crippen LogP contribution >= 0.6 is 28.6 Å². The molecule has 1 aromatic carbocycles. The largest absolute Gasteiger partial charge is 0.507 e. The number of benzene rings is 1. The van der Waals surface area contributed by atoms with Gasteiger partial charge in [0.1, 0.15) is 5.75 Å². The Bertz CT molecular complexity index is 361. The quantitative estimate of drug-likeness (QED) is 0.632. The zero-order valence-corrected chi connectivity index (χ0v) is 9.05. The van der Waals surface area contributed by atoms with E-state index < -0.39 is 0 Å². The number of halogens is 1. The molecule has 0 aliphatic carbocycles. The van der Waals surface area contributed by atoms with E-state index in [-0.39, 0.29) is 10.9 Å². The summed E-state index contributed by atoms with van der Waals surface area (Å²) in [4.78, 5) is 10.5. The third-order valence-corrected chi connectivity index (χ3v) is 2.17. The molecule has 0 heterocycles. The van der Waals surface area contributed by atoms with Gasteiger partial charge in [0.15, 0.2) is 0 Å². The van der Waals surface area contributed by atoms with Crippen molar-refractivity contribution in [2.24, 2.45) is 0 Å². The first-order chi connectivity index (χ1) is 6.09. The molecule has 0 spiro atoms. The fourth-order valence-corrected chi connectivity index (χ4v) is 1.27. The minimum absolute atomic E-state index is 0.175. The van der Waals surface area contributed by atoms with Gasteiger partial charge in [-0.3, -0.25) is 4.79 Å². The van der Waals surface area contributed by atoms with Crippen LogP contribution in [0, 0.1) is 0 Å². The summed E-state index contributed by atoms with van der Waals surface area (Å²) in [6, 6.07) is 4.96. The van der Waals surface area contributed by atoms with Crippen molar-refractivity contribution >= 4 is 39.8 Å². The highest BCUT2D eigenvalue weighted by atomic mass is 79.9. The molecule has 0 aliphatic heterocycles. The summed E-state index contributed by atoms with van der Waals surface area (Å²) < 4.78 is 0.598. The number of aromatic hydroxyl groups is 1. The molecule has 0 radical (unpaired) electrons. The Hall–Kier alpha value is -0.740. The third-order valence-electron chi connectivity index (χ3n) is 1.39. The second-order valence-electron chi connectivity index (χ2n) is 2.38. The Morgan fingerprint density at radius 3 is 2.77 bits per heavy atom. The fraction of sp³-hybridized carbons (Fsp3) is 0. The lowest BCUT2D eigenvalue weighted by Gasteiger charge is -1.97. The highest BCUT2D eigenvalue weighted by Crippen LogP contribution is 2.24. The summed E-state index contributed by atoms with van der Waals surface area (Å²) in [6.07, 6.45) is 2.97. The molecule has 0 bridgehead atoms. The normalized spacial score (nSPS) is 10.6. The van der Waals surface area contributed by atoms with E-state index in [0.717, 1.165) is 5.56 Å². The zero-order valence-electron chi connectivity index (χ0n) is 6.57. The van der Waals surface area contributed by atoms with Gasteiger partial charge in [-0.2, -0.15) is 0 Å². The number of carbonyl (C=O) groups excluding carboxylic acids is 1. The number of carbonyl (C=O) groups is 1. The summed E-state index contributed by atoms with van der Waals surface area (Å²) in [5.74, 6) is 0.175. The number of thiol groups is 1. The average Bonchev–Trinajstić information content (AvgIpc) is 2.07. The topological polar surface area (TPSA) is 37.3 Å². The molecule has 0 fully saturated rings. The van der Waals surface area contributed by atoms with Gasteiger partial charge < -0.3 is 5.11 Å². The lowest BCUT2D eigenvalue weighted by Crippen LogP contribution is -1.77. The minimum Gasteiger partial charge on any atom is -0.507 e. The molecule has 13 heavy (non-hydrogen) atoms. The van der Waals surface area contributed by atoms with Crippen LogP contribution in [-0.2, 0) is 4.79 Å². The molecule has 1 N–H and O–H groups in total. The molecule has 1 rings (SSSR count). The number of hydrogen-bond donors (Lipinski definition) is 2. The number of rotatable bonds is 2. The van der Waals surface area contributed by atoms with Crippen LogP contribution in [0.15, 0.2) is 28.7 Å². The smallest absolute Gasteiger partial charge is 0.209 e. The van der Waals surface area contributed by atoms with E-state index in [1.54, 1.807) is 24.3 Å². The van der Waals surface area contributed by atoms with E-state index in [2.05, 4.69) is 28.6 Å². The Balaban J connectivity index is 2.92. The van der Waals surface area contributed by atoms with Gasteiger partial charge in [-0.25, -0.2) is 0 Å². The van der Waals surface area contributed by atoms with Crippen LogP contribution in [0.3, 0.4) is 0 Å². The van der Waals surface area contributed by atoms with Crippen LogP contribution in [-0.4, -0.2) is 10.2 Å². The third kappa shape index (κ3) is 3.24. The minimum atomic E-state index is -0.302. The first-order valence-corrected chi connectivity index (χ1v) is 4.73. The van der Waals surface area contributed by atoms with E-state index in [4.69, 9.17) is 5.11 Å². The lowest BCUT2D eigenvalue weighted by atomic mass is 10.2. The van der Waals surface area contributed by atoms with Crippen LogP contribution in [0.2, 0.25) is 0 Å². The molecule has 0 atom stereocenters. The van der Waals surface area contributed by atoms with Gasteiger partial charge in [-0.05, 0) is 39.7 Å². The van der Waals surface area contributed by atoms with Gasteiger partial charge >= 0.3 is 0 Å². The summed E-state index contributed by atoms with van der Waals surface area (Å²) in [5.41, 5.74) is 0.826. The Morgan fingerprint density at radius 2 is 2.23 bits per heavy atom. The highest BCUT2D eigenvalue weighted by molar-refractivity contribution is 9.10. The SMILES string of the molecule is O=C(S)/C=C/c1ccc(O)c(Br)c1. The van der Waals surface area contributed by atoms with Crippen molar-refractivity contribution < 1.29 is 9.90 Å². The number of phenolic OH excluding ortho intramolecular Hbond substituents is 1. The van der Waals surface area contributed by atoms with Crippen molar-refractivity contribution in [1.29, 1.82) is 0 Å². The summed E-state index contributed by atoms with van der Waals surface area (Å²) >= 11 is 6.75. The Labute approximate surface area is 89.8 Å². The van der Waals surface area contributed by atoms with Crippen LogP contribution < -0.4 is 0 Å². The van der Waals surface area contributed by atoms with E-state index in [0.29, 0.717) is 4.47 Å². The van der Waals surface area contributed by atoms with Gasteiger partial charge in [0.05, 0.1) is 4.47 Å². The molecular formula is C9H7BrO2S. The first kappa shape index (κ1) is 10.3. The maximum Gasteiger partial charge on any atom is 0.209 e. The van der Waals surface area contributed by atoms with Crippen LogP contribution in [0.4, 0.5) is 0 Å². The lowest BCUT2D eigenvalue weighted by molar-refractivity contribution is -0.106. The van der Waals surface area contributed by atoms with Crippen molar-refractivity contribution in [3.8, 4) is 5.75 Å². The van der Waals surface area contributed by atoms with Gasteiger partial charge in [0.25, 0.3) is 0 Å². The van der Waals surface area contributed by atoms with E-state index >= 15 is 0 Å². The van der Waals surface area contributed by atoms with Gasteiger partial charge in [-0.1, -0.05) is 12.1 Å². The van der Waals surface area contributed by atoms with Crippen molar-refractivity contribution in [3.05, 3.63) is 34.3 Å². The van der Waals surface area contributed by atoms with E-state index in [1.165, 1.54) is 6.08 Å². The second kappa shape index (κ2) is 4.48. The Kier molecular flexibility index (Phi) is 3.57. The van der Waals surface area contributed by atoms with Crippen molar-refractivity contribution in [2.75, 3.05) is 0 Å². The van der Waals surface area contributed by atoms with Crippen LogP contribution in [0.5, 0.6) is 5.75 Å². The zero-order chi connectivity index (χ0) is 9.84. The van der Waals surface area contributed by atoms with E-state index in [1.807, 2.05) is 0 Å². The molecule has 0 saturated carbocycles. The summed E-state index contributed by atoms with van der Waals surface area (Å²) in [5, 5.41) is 8.87. The predicted octanol–water partition coefficient (Wildman–Crippen LogP) is 2.62. The predicted molar refractivity (Wildman–Crippen MR) is 58.8 cm³/mol. The molecule has 0 aromatic heterocycles. The van der Waals surface area contributed by atoms with Crippen molar-refractivity contribution in [1.82, 2.24) is 0 Å². The number of phenols is 1. The Morgan fingerprint density at radius 1 is 1.54 bits per heavy atom. The fourth-order valence-electron chi connectivity index (χ4n) is 0.794. The maximum atomic E-state index is 10.5.